The number of fused-ring (bicyclic) bond motifs is 1. The second-order valence-electron chi connectivity index (χ2n) is 5.55. The van der Waals surface area contributed by atoms with Crippen LogP contribution in [0, 0.1) is 19.7 Å². The van der Waals surface area contributed by atoms with Crippen molar-refractivity contribution < 1.29 is 9.13 Å². The van der Waals surface area contributed by atoms with Crippen molar-refractivity contribution in [2.45, 2.75) is 32.4 Å². The first-order valence-corrected chi connectivity index (χ1v) is 6.83. The van der Waals surface area contributed by atoms with Crippen LogP contribution in [-0.4, -0.2) is 0 Å². The monoisotopic (exact) mass is 271 g/mol. The summed E-state index contributed by atoms with van der Waals surface area (Å²) in [6, 6.07) is 10.8. The third-order valence-electron chi connectivity index (χ3n) is 3.73. The summed E-state index contributed by atoms with van der Waals surface area (Å²) in [6.07, 6.45) is 0.597. The molecule has 2 aromatic carbocycles. The van der Waals surface area contributed by atoms with Crippen LogP contribution < -0.4 is 10.5 Å². The molecule has 3 rings (SSSR count). The number of benzene rings is 2. The number of ether oxygens (including phenoxy) is 1. The number of rotatable bonds is 1. The zero-order valence-electron chi connectivity index (χ0n) is 11.7. The van der Waals surface area contributed by atoms with Crippen molar-refractivity contribution in [2.24, 2.45) is 5.73 Å². The van der Waals surface area contributed by atoms with Crippen LogP contribution in [0.5, 0.6) is 5.75 Å². The Kier molecular flexibility index (Phi) is 3.22. The van der Waals surface area contributed by atoms with Crippen molar-refractivity contribution in [3.05, 3.63) is 64.5 Å². The minimum atomic E-state index is -0.294. The summed E-state index contributed by atoms with van der Waals surface area (Å²) in [5.74, 6) is 0.268. The molecule has 0 saturated carbocycles. The van der Waals surface area contributed by atoms with Crippen molar-refractivity contribution in [1.82, 2.24) is 0 Å². The van der Waals surface area contributed by atoms with Crippen LogP contribution in [0.1, 0.15) is 40.8 Å². The molecular formula is C17H18FNO. The molecule has 0 radical (unpaired) electrons. The fourth-order valence-corrected chi connectivity index (χ4v) is 2.88. The van der Waals surface area contributed by atoms with Crippen molar-refractivity contribution in [2.75, 3.05) is 0 Å². The molecular weight excluding hydrogens is 253 g/mol. The zero-order valence-corrected chi connectivity index (χ0v) is 11.7. The molecule has 1 aliphatic rings. The number of hydrogen-bond donors (Lipinski definition) is 1. The molecule has 1 heterocycles. The Morgan fingerprint density at radius 3 is 2.50 bits per heavy atom. The Bertz CT molecular complexity index is 633. The van der Waals surface area contributed by atoms with Crippen molar-refractivity contribution >= 4 is 0 Å². The molecule has 0 spiro atoms. The van der Waals surface area contributed by atoms with Gasteiger partial charge in [-0.2, -0.15) is 0 Å². The molecule has 0 aliphatic carbocycles. The highest BCUT2D eigenvalue weighted by atomic mass is 19.1. The van der Waals surface area contributed by atoms with E-state index in [4.69, 9.17) is 10.5 Å². The first-order valence-electron chi connectivity index (χ1n) is 6.83. The summed E-state index contributed by atoms with van der Waals surface area (Å²) >= 11 is 0. The van der Waals surface area contributed by atoms with Gasteiger partial charge in [0.25, 0.3) is 0 Å². The van der Waals surface area contributed by atoms with Crippen LogP contribution in [0.2, 0.25) is 0 Å². The van der Waals surface area contributed by atoms with Crippen LogP contribution in [0.3, 0.4) is 0 Å². The molecule has 2 N–H and O–H groups in total. The van der Waals surface area contributed by atoms with Crippen molar-refractivity contribution in [1.29, 1.82) is 0 Å². The van der Waals surface area contributed by atoms with Gasteiger partial charge < -0.3 is 10.5 Å². The molecule has 1 unspecified atom stereocenters. The van der Waals surface area contributed by atoms with Gasteiger partial charge in [-0.25, -0.2) is 4.39 Å². The van der Waals surface area contributed by atoms with E-state index in [0.717, 1.165) is 11.1 Å². The van der Waals surface area contributed by atoms with Crippen molar-refractivity contribution in [3.8, 4) is 5.75 Å². The standard InChI is InChI=1S/C17H18FNO/c1-10-5-11(2)7-12(6-10)16-9-15(19)14-4-3-13(18)8-17(14)20-16/h3-8,15-16H,9,19H2,1-2H3/t15-,16?/m1/s1. The second-order valence-corrected chi connectivity index (χ2v) is 5.55. The van der Waals surface area contributed by atoms with E-state index in [2.05, 4.69) is 32.0 Å². The summed E-state index contributed by atoms with van der Waals surface area (Å²) in [5.41, 5.74) is 10.6. The molecule has 3 heteroatoms. The third-order valence-corrected chi connectivity index (χ3v) is 3.73. The number of hydrogen-bond acceptors (Lipinski definition) is 2. The molecule has 0 aromatic heterocycles. The van der Waals surface area contributed by atoms with E-state index in [1.165, 1.54) is 23.3 Å². The van der Waals surface area contributed by atoms with E-state index >= 15 is 0 Å². The fraction of sp³-hybridized carbons (Fsp3) is 0.294. The van der Waals surface area contributed by atoms with Crippen molar-refractivity contribution in [3.63, 3.8) is 0 Å². The first-order chi connectivity index (χ1) is 9.52. The van der Waals surface area contributed by atoms with Crippen LogP contribution in [0.4, 0.5) is 4.39 Å². The SMILES string of the molecule is Cc1cc(C)cc(C2C[C@@H](N)c3ccc(F)cc3O2)c1. The molecule has 2 atom stereocenters. The van der Waals surface area contributed by atoms with Gasteiger partial charge >= 0.3 is 0 Å². The topological polar surface area (TPSA) is 35.2 Å². The molecule has 20 heavy (non-hydrogen) atoms. The van der Waals surface area contributed by atoms with Gasteiger partial charge in [0, 0.05) is 24.1 Å². The Morgan fingerprint density at radius 2 is 1.80 bits per heavy atom. The summed E-state index contributed by atoms with van der Waals surface area (Å²) in [5, 5.41) is 0. The molecule has 0 amide bonds. The normalized spacial score (nSPS) is 21.2. The maximum Gasteiger partial charge on any atom is 0.127 e. The minimum absolute atomic E-state index is 0.113. The van der Waals surface area contributed by atoms with Crippen LogP contribution in [0.15, 0.2) is 36.4 Å². The van der Waals surface area contributed by atoms with Gasteiger partial charge in [-0.05, 0) is 25.5 Å². The second kappa shape index (κ2) is 4.91. The van der Waals surface area contributed by atoms with Gasteiger partial charge in [0.15, 0.2) is 0 Å². The lowest BCUT2D eigenvalue weighted by molar-refractivity contribution is 0.160. The van der Waals surface area contributed by atoms with Gasteiger partial charge in [-0.1, -0.05) is 35.4 Å². The van der Waals surface area contributed by atoms with E-state index in [-0.39, 0.29) is 18.0 Å². The number of nitrogens with two attached hydrogens (primary N) is 1. The van der Waals surface area contributed by atoms with E-state index in [1.54, 1.807) is 6.07 Å². The quantitative estimate of drug-likeness (QED) is 0.852. The first kappa shape index (κ1) is 13.1. The molecule has 104 valence electrons. The van der Waals surface area contributed by atoms with Gasteiger partial charge in [-0.3, -0.25) is 0 Å². The van der Waals surface area contributed by atoms with Crippen LogP contribution in [0.25, 0.3) is 0 Å². The fourth-order valence-electron chi connectivity index (χ4n) is 2.88. The molecule has 2 aromatic rings. The average molecular weight is 271 g/mol. The Labute approximate surface area is 118 Å². The van der Waals surface area contributed by atoms with E-state index in [0.29, 0.717) is 12.2 Å². The summed E-state index contributed by atoms with van der Waals surface area (Å²) in [4.78, 5) is 0. The van der Waals surface area contributed by atoms with E-state index < -0.39 is 0 Å². The molecule has 0 fully saturated rings. The summed E-state index contributed by atoms with van der Waals surface area (Å²) in [7, 11) is 0. The smallest absolute Gasteiger partial charge is 0.127 e. The molecule has 0 saturated heterocycles. The van der Waals surface area contributed by atoms with Gasteiger partial charge in [0.05, 0.1) is 0 Å². The predicted octanol–water partition coefficient (Wildman–Crippen LogP) is 3.97. The lowest BCUT2D eigenvalue weighted by atomic mass is 9.92. The minimum Gasteiger partial charge on any atom is -0.485 e. The Balaban J connectivity index is 1.98. The highest BCUT2D eigenvalue weighted by Gasteiger charge is 2.27. The van der Waals surface area contributed by atoms with Gasteiger partial charge in [-0.15, -0.1) is 0 Å². The maximum absolute atomic E-state index is 13.4. The molecule has 2 nitrogen and oxygen atoms in total. The Morgan fingerprint density at radius 1 is 1.10 bits per heavy atom. The summed E-state index contributed by atoms with van der Waals surface area (Å²) < 4.78 is 19.3. The largest absolute Gasteiger partial charge is 0.485 e. The molecule has 1 aliphatic heterocycles. The van der Waals surface area contributed by atoms with Crippen LogP contribution in [-0.2, 0) is 0 Å². The molecule has 0 bridgehead atoms. The average Bonchev–Trinajstić information content (AvgIpc) is 2.36. The summed E-state index contributed by atoms with van der Waals surface area (Å²) in [6.45, 7) is 4.12. The van der Waals surface area contributed by atoms with Gasteiger partial charge in [0.1, 0.15) is 17.7 Å². The lowest BCUT2D eigenvalue weighted by Gasteiger charge is -2.31. The lowest BCUT2D eigenvalue weighted by Crippen LogP contribution is -2.24. The van der Waals surface area contributed by atoms with Gasteiger partial charge in [0.2, 0.25) is 0 Å². The third kappa shape index (κ3) is 2.41. The van der Waals surface area contributed by atoms with Crippen LogP contribution >= 0.6 is 0 Å². The van der Waals surface area contributed by atoms with E-state index in [9.17, 15) is 4.39 Å². The highest BCUT2D eigenvalue weighted by molar-refractivity contribution is 5.40. The number of aryl methyl sites for hydroxylation is 2. The maximum atomic E-state index is 13.4. The highest BCUT2D eigenvalue weighted by Crippen LogP contribution is 2.40. The number of halogens is 1. The zero-order chi connectivity index (χ0) is 14.3. The van der Waals surface area contributed by atoms with E-state index in [1.807, 2.05) is 0 Å². The predicted molar refractivity (Wildman–Crippen MR) is 77.2 cm³/mol. The Hall–Kier alpha value is -1.87.